The average molecular weight is 293 g/mol. The Hall–Kier alpha value is -1.88. The third-order valence-electron chi connectivity index (χ3n) is 3.99. The number of hydrogen-bond acceptors (Lipinski definition) is 3. The SMILES string of the molecule is O=C1NC(=O)C2(CCC2)C(=O)N1Cc1cccc(Cl)c1. The fourth-order valence-electron chi connectivity index (χ4n) is 2.66. The molecule has 4 amide bonds. The zero-order valence-electron chi connectivity index (χ0n) is 10.7. The van der Waals surface area contributed by atoms with Crippen LogP contribution < -0.4 is 5.32 Å². The molecule has 5 nitrogen and oxygen atoms in total. The second-order valence-electron chi connectivity index (χ2n) is 5.22. The number of carbonyl (C=O) groups excluding carboxylic acids is 3. The van der Waals surface area contributed by atoms with Crippen LogP contribution in [0.2, 0.25) is 5.02 Å². The van der Waals surface area contributed by atoms with Crippen LogP contribution in [0.15, 0.2) is 24.3 Å². The Morgan fingerprint density at radius 2 is 2.00 bits per heavy atom. The van der Waals surface area contributed by atoms with Gasteiger partial charge in [-0.1, -0.05) is 30.2 Å². The lowest BCUT2D eigenvalue weighted by Gasteiger charge is -2.44. The fraction of sp³-hybridized carbons (Fsp3) is 0.357. The molecule has 2 aliphatic rings. The third-order valence-corrected chi connectivity index (χ3v) is 4.23. The Morgan fingerprint density at radius 1 is 1.25 bits per heavy atom. The largest absolute Gasteiger partial charge is 0.331 e. The minimum absolute atomic E-state index is 0.125. The van der Waals surface area contributed by atoms with Gasteiger partial charge in [0.25, 0.3) is 0 Å². The van der Waals surface area contributed by atoms with Gasteiger partial charge in [0.1, 0.15) is 5.41 Å². The molecule has 2 fully saturated rings. The Kier molecular flexibility index (Phi) is 3.01. The molecule has 0 unspecified atom stereocenters. The zero-order valence-corrected chi connectivity index (χ0v) is 11.4. The van der Waals surface area contributed by atoms with Crippen molar-refractivity contribution < 1.29 is 14.4 Å². The van der Waals surface area contributed by atoms with Crippen molar-refractivity contribution in [3.8, 4) is 0 Å². The van der Waals surface area contributed by atoms with Gasteiger partial charge in [-0.3, -0.25) is 19.8 Å². The molecule has 1 aliphatic heterocycles. The van der Waals surface area contributed by atoms with E-state index < -0.39 is 23.3 Å². The first-order valence-electron chi connectivity index (χ1n) is 6.45. The number of halogens is 1. The van der Waals surface area contributed by atoms with Crippen LogP contribution in [0.5, 0.6) is 0 Å². The number of nitrogens with zero attached hydrogens (tertiary/aromatic N) is 1. The van der Waals surface area contributed by atoms with Crippen molar-refractivity contribution in [3.05, 3.63) is 34.9 Å². The van der Waals surface area contributed by atoms with Crippen molar-refractivity contribution in [1.29, 1.82) is 0 Å². The molecule has 1 saturated heterocycles. The van der Waals surface area contributed by atoms with Gasteiger partial charge in [0, 0.05) is 5.02 Å². The molecule has 1 aliphatic carbocycles. The van der Waals surface area contributed by atoms with E-state index in [2.05, 4.69) is 5.32 Å². The summed E-state index contributed by atoms with van der Waals surface area (Å²) in [5.41, 5.74) is -0.267. The molecule has 1 saturated carbocycles. The second kappa shape index (κ2) is 4.59. The average Bonchev–Trinajstić information content (AvgIpc) is 2.33. The number of nitrogens with one attached hydrogen (secondary N) is 1. The first-order chi connectivity index (χ1) is 9.53. The summed E-state index contributed by atoms with van der Waals surface area (Å²) < 4.78 is 0. The minimum Gasteiger partial charge on any atom is -0.277 e. The van der Waals surface area contributed by atoms with Crippen LogP contribution in [-0.2, 0) is 16.1 Å². The van der Waals surface area contributed by atoms with Crippen LogP contribution in [0.3, 0.4) is 0 Å². The van der Waals surface area contributed by atoms with Gasteiger partial charge in [-0.05, 0) is 30.5 Å². The lowest BCUT2D eigenvalue weighted by molar-refractivity contribution is -0.158. The summed E-state index contributed by atoms with van der Waals surface area (Å²) in [4.78, 5) is 37.3. The topological polar surface area (TPSA) is 66.5 Å². The van der Waals surface area contributed by atoms with E-state index >= 15 is 0 Å². The number of amides is 4. The molecule has 0 aromatic heterocycles. The molecule has 1 aromatic rings. The second-order valence-corrected chi connectivity index (χ2v) is 5.65. The highest BCUT2D eigenvalue weighted by Gasteiger charge is 2.57. The van der Waals surface area contributed by atoms with Crippen molar-refractivity contribution in [1.82, 2.24) is 10.2 Å². The van der Waals surface area contributed by atoms with Gasteiger partial charge >= 0.3 is 6.03 Å². The highest BCUT2D eigenvalue weighted by atomic mass is 35.5. The van der Waals surface area contributed by atoms with E-state index in [9.17, 15) is 14.4 Å². The molecule has 1 aromatic carbocycles. The van der Waals surface area contributed by atoms with Crippen molar-refractivity contribution >= 4 is 29.4 Å². The summed E-state index contributed by atoms with van der Waals surface area (Å²) in [5.74, 6) is -0.849. The summed E-state index contributed by atoms with van der Waals surface area (Å²) in [7, 11) is 0. The van der Waals surface area contributed by atoms with Crippen LogP contribution in [0, 0.1) is 5.41 Å². The van der Waals surface area contributed by atoms with E-state index in [1.807, 2.05) is 0 Å². The van der Waals surface area contributed by atoms with Gasteiger partial charge in [-0.15, -0.1) is 0 Å². The molecule has 1 heterocycles. The monoisotopic (exact) mass is 292 g/mol. The number of urea groups is 1. The van der Waals surface area contributed by atoms with Gasteiger partial charge in [0.15, 0.2) is 0 Å². The molecule has 0 bridgehead atoms. The Morgan fingerprint density at radius 3 is 2.60 bits per heavy atom. The van der Waals surface area contributed by atoms with Crippen LogP contribution >= 0.6 is 11.6 Å². The standard InChI is InChI=1S/C14H13ClN2O3/c15-10-4-1-3-9(7-10)8-17-12(19)14(5-2-6-14)11(18)16-13(17)20/h1,3-4,7H,2,5-6,8H2,(H,16,18,20). The number of barbiturate groups is 1. The number of hydrogen-bond donors (Lipinski definition) is 1. The number of rotatable bonds is 2. The van der Waals surface area contributed by atoms with E-state index in [-0.39, 0.29) is 6.54 Å². The van der Waals surface area contributed by atoms with Gasteiger partial charge in [-0.2, -0.15) is 0 Å². The lowest BCUT2D eigenvalue weighted by Crippen LogP contribution is -2.65. The van der Waals surface area contributed by atoms with Crippen LogP contribution in [0.25, 0.3) is 0 Å². The zero-order chi connectivity index (χ0) is 14.3. The highest BCUT2D eigenvalue weighted by Crippen LogP contribution is 2.44. The summed E-state index contributed by atoms with van der Waals surface area (Å²) >= 11 is 5.89. The van der Waals surface area contributed by atoms with Gasteiger partial charge in [0.05, 0.1) is 6.54 Å². The first kappa shape index (κ1) is 13.1. The van der Waals surface area contributed by atoms with Gasteiger partial charge in [-0.25, -0.2) is 4.79 Å². The molecule has 0 radical (unpaired) electrons. The summed E-state index contributed by atoms with van der Waals surface area (Å²) in [5, 5.41) is 2.82. The maximum atomic E-state index is 12.5. The molecular weight excluding hydrogens is 280 g/mol. The summed E-state index contributed by atoms with van der Waals surface area (Å²) in [6.07, 6.45) is 1.85. The lowest BCUT2D eigenvalue weighted by atomic mass is 9.66. The normalized spacial score (nSPS) is 20.9. The van der Waals surface area contributed by atoms with E-state index in [1.165, 1.54) is 0 Å². The molecule has 104 valence electrons. The molecule has 1 spiro atoms. The molecule has 1 N–H and O–H groups in total. The van der Waals surface area contributed by atoms with E-state index in [0.29, 0.717) is 17.9 Å². The summed E-state index contributed by atoms with van der Waals surface area (Å²) in [6, 6.07) is 6.31. The molecule has 0 atom stereocenters. The maximum Gasteiger partial charge on any atom is 0.331 e. The number of carbonyl (C=O) groups is 3. The van der Waals surface area contributed by atoms with Crippen LogP contribution in [0.4, 0.5) is 4.79 Å². The minimum atomic E-state index is -1.02. The highest BCUT2D eigenvalue weighted by molar-refractivity contribution is 6.30. The third kappa shape index (κ3) is 1.89. The summed E-state index contributed by atoms with van der Waals surface area (Å²) in [6.45, 7) is 0.125. The van der Waals surface area contributed by atoms with Gasteiger partial charge in [0.2, 0.25) is 11.8 Å². The van der Waals surface area contributed by atoms with E-state index in [0.717, 1.165) is 16.9 Å². The van der Waals surface area contributed by atoms with Crippen LogP contribution in [0.1, 0.15) is 24.8 Å². The maximum absolute atomic E-state index is 12.5. The van der Waals surface area contributed by atoms with E-state index in [1.54, 1.807) is 24.3 Å². The van der Waals surface area contributed by atoms with Crippen molar-refractivity contribution in [2.75, 3.05) is 0 Å². The Bertz CT molecular complexity index is 610. The quantitative estimate of drug-likeness (QED) is 0.849. The Labute approximate surface area is 120 Å². The number of imide groups is 2. The molecule has 6 heteroatoms. The molecular formula is C14H13ClN2O3. The van der Waals surface area contributed by atoms with E-state index in [4.69, 9.17) is 11.6 Å². The predicted octanol–water partition coefficient (Wildman–Crippen LogP) is 2.09. The Balaban J connectivity index is 1.86. The van der Waals surface area contributed by atoms with Crippen molar-refractivity contribution in [2.45, 2.75) is 25.8 Å². The smallest absolute Gasteiger partial charge is 0.277 e. The van der Waals surface area contributed by atoms with Crippen LogP contribution in [-0.4, -0.2) is 22.7 Å². The predicted molar refractivity (Wildman–Crippen MR) is 71.8 cm³/mol. The van der Waals surface area contributed by atoms with Gasteiger partial charge < -0.3 is 0 Å². The van der Waals surface area contributed by atoms with Crippen molar-refractivity contribution in [3.63, 3.8) is 0 Å². The molecule has 3 rings (SSSR count). The fourth-order valence-corrected chi connectivity index (χ4v) is 2.88. The van der Waals surface area contributed by atoms with Crippen molar-refractivity contribution in [2.24, 2.45) is 5.41 Å². The molecule has 20 heavy (non-hydrogen) atoms. The first-order valence-corrected chi connectivity index (χ1v) is 6.82. The number of benzene rings is 1.